The minimum Gasteiger partial charge on any atom is -0.496 e. The summed E-state index contributed by atoms with van der Waals surface area (Å²) < 4.78 is 5.11. The zero-order valence-electron chi connectivity index (χ0n) is 11.2. The summed E-state index contributed by atoms with van der Waals surface area (Å²) in [5, 5.41) is 10.8. The van der Waals surface area contributed by atoms with E-state index in [0.717, 1.165) is 43.2 Å². The molecule has 0 spiro atoms. The number of ether oxygens (including phenoxy) is 1. The molecule has 1 N–H and O–H groups in total. The summed E-state index contributed by atoms with van der Waals surface area (Å²) in [6.45, 7) is 4.14. The average Bonchev–Trinajstić information content (AvgIpc) is 2.79. The first-order valence-corrected chi connectivity index (χ1v) is 7.37. The maximum atomic E-state index is 12.4. The number of rotatable bonds is 4. The van der Waals surface area contributed by atoms with Gasteiger partial charge in [0.25, 0.3) is 5.91 Å². The molecule has 1 amide bonds. The van der Waals surface area contributed by atoms with Gasteiger partial charge in [0.15, 0.2) is 0 Å². The Bertz CT molecular complexity index is 422. The van der Waals surface area contributed by atoms with Crippen LogP contribution >= 0.6 is 11.3 Å². The van der Waals surface area contributed by atoms with Crippen LogP contribution in [-0.4, -0.2) is 67.3 Å². The molecule has 0 aliphatic carbocycles. The lowest BCUT2D eigenvalue weighted by molar-refractivity contribution is 0.0765. The molecule has 0 unspecified atom stereocenters. The Kier molecular flexibility index (Phi) is 5.18. The zero-order valence-corrected chi connectivity index (χ0v) is 12.0. The van der Waals surface area contributed by atoms with E-state index >= 15 is 0 Å². The second-order valence-corrected chi connectivity index (χ2v) is 5.47. The van der Waals surface area contributed by atoms with Crippen molar-refractivity contribution in [3.05, 3.63) is 16.3 Å². The number of thiophene rings is 1. The second kappa shape index (κ2) is 6.88. The normalized spacial score (nSPS) is 17.3. The molecule has 0 radical (unpaired) electrons. The lowest BCUT2D eigenvalue weighted by Gasteiger charge is -2.20. The van der Waals surface area contributed by atoms with Gasteiger partial charge in [0.2, 0.25) is 0 Å². The zero-order chi connectivity index (χ0) is 13.7. The Hall–Kier alpha value is -1.11. The Balaban J connectivity index is 1.95. The van der Waals surface area contributed by atoms with E-state index < -0.39 is 0 Å². The van der Waals surface area contributed by atoms with E-state index in [4.69, 9.17) is 9.84 Å². The second-order valence-electron chi connectivity index (χ2n) is 4.56. The van der Waals surface area contributed by atoms with Crippen molar-refractivity contribution < 1.29 is 14.6 Å². The average molecular weight is 284 g/mol. The van der Waals surface area contributed by atoms with Crippen molar-refractivity contribution in [1.82, 2.24) is 9.80 Å². The molecule has 6 heteroatoms. The fourth-order valence-corrected chi connectivity index (χ4v) is 3.05. The fraction of sp³-hybridized carbons (Fsp3) is 0.615. The summed E-state index contributed by atoms with van der Waals surface area (Å²) in [5.74, 6) is 0.823. The molecular weight excluding hydrogens is 264 g/mol. The Morgan fingerprint density at radius 3 is 2.95 bits per heavy atom. The van der Waals surface area contributed by atoms with Crippen molar-refractivity contribution in [2.75, 3.05) is 46.4 Å². The van der Waals surface area contributed by atoms with Crippen molar-refractivity contribution in [2.45, 2.75) is 6.42 Å². The van der Waals surface area contributed by atoms with Crippen LogP contribution in [0.2, 0.25) is 0 Å². The molecule has 1 fully saturated rings. The highest BCUT2D eigenvalue weighted by Gasteiger charge is 2.21. The van der Waals surface area contributed by atoms with Crippen LogP contribution in [0.1, 0.15) is 16.1 Å². The van der Waals surface area contributed by atoms with Gasteiger partial charge in [0.05, 0.1) is 18.6 Å². The minimum absolute atomic E-state index is 0.0825. The molecular formula is C13H20N2O3S. The van der Waals surface area contributed by atoms with Gasteiger partial charge in [-0.05, 0) is 13.0 Å². The van der Waals surface area contributed by atoms with Gasteiger partial charge >= 0.3 is 0 Å². The summed E-state index contributed by atoms with van der Waals surface area (Å²) in [5.41, 5.74) is 0. The lowest BCUT2D eigenvalue weighted by Crippen LogP contribution is -2.35. The highest BCUT2D eigenvalue weighted by Crippen LogP contribution is 2.23. The highest BCUT2D eigenvalue weighted by molar-refractivity contribution is 7.12. The number of aliphatic hydroxyl groups excluding tert-OH is 1. The summed E-state index contributed by atoms with van der Waals surface area (Å²) in [6.07, 6.45) is 0.953. The van der Waals surface area contributed by atoms with E-state index in [9.17, 15) is 4.79 Å². The molecule has 0 saturated carbocycles. The topological polar surface area (TPSA) is 53.0 Å². The van der Waals surface area contributed by atoms with Gasteiger partial charge in [-0.25, -0.2) is 0 Å². The molecule has 1 aromatic heterocycles. The summed E-state index contributed by atoms with van der Waals surface area (Å²) in [6, 6.07) is 1.80. The third kappa shape index (κ3) is 3.68. The molecule has 1 aromatic rings. The molecule has 1 aliphatic rings. The number of nitrogens with zero attached hydrogens (tertiary/aromatic N) is 2. The quantitative estimate of drug-likeness (QED) is 0.892. The summed E-state index contributed by atoms with van der Waals surface area (Å²) in [4.78, 5) is 17.2. The number of amides is 1. The van der Waals surface area contributed by atoms with Crippen LogP contribution in [0.15, 0.2) is 11.4 Å². The van der Waals surface area contributed by atoms with Crippen LogP contribution in [0.25, 0.3) is 0 Å². The van der Waals surface area contributed by atoms with Crippen molar-refractivity contribution >= 4 is 17.2 Å². The van der Waals surface area contributed by atoms with Crippen LogP contribution in [0.4, 0.5) is 0 Å². The van der Waals surface area contributed by atoms with Gasteiger partial charge in [-0.3, -0.25) is 9.69 Å². The smallest absolute Gasteiger partial charge is 0.264 e. The predicted molar refractivity (Wildman–Crippen MR) is 74.9 cm³/mol. The molecule has 19 heavy (non-hydrogen) atoms. The third-order valence-corrected chi connectivity index (χ3v) is 4.21. The Labute approximate surface area is 117 Å². The van der Waals surface area contributed by atoms with Crippen LogP contribution in [-0.2, 0) is 0 Å². The molecule has 0 aromatic carbocycles. The molecule has 0 bridgehead atoms. The first-order chi connectivity index (χ1) is 9.24. The molecule has 2 rings (SSSR count). The van der Waals surface area contributed by atoms with Crippen LogP contribution in [0.3, 0.4) is 0 Å². The lowest BCUT2D eigenvalue weighted by atomic mass is 10.3. The van der Waals surface area contributed by atoms with E-state index in [-0.39, 0.29) is 12.5 Å². The largest absolute Gasteiger partial charge is 0.496 e. The number of methoxy groups -OCH3 is 1. The van der Waals surface area contributed by atoms with Crippen LogP contribution in [0.5, 0.6) is 5.75 Å². The number of hydrogen-bond donors (Lipinski definition) is 1. The SMILES string of the molecule is COc1csc(C(=O)N2CCCN(CCO)CC2)c1. The van der Waals surface area contributed by atoms with Gasteiger partial charge in [-0.2, -0.15) is 0 Å². The molecule has 0 atom stereocenters. The number of β-amino-alcohol motifs (C(OH)–C–C–N with tert-alkyl or cyclic N) is 1. The molecule has 5 nitrogen and oxygen atoms in total. The van der Waals surface area contributed by atoms with Gasteiger partial charge in [-0.1, -0.05) is 0 Å². The number of aliphatic hydroxyl groups is 1. The monoisotopic (exact) mass is 284 g/mol. The molecule has 106 valence electrons. The van der Waals surface area contributed by atoms with E-state index in [0.29, 0.717) is 6.54 Å². The minimum atomic E-state index is 0.0825. The van der Waals surface area contributed by atoms with Crippen molar-refractivity contribution in [1.29, 1.82) is 0 Å². The van der Waals surface area contributed by atoms with E-state index in [1.165, 1.54) is 11.3 Å². The van der Waals surface area contributed by atoms with Gasteiger partial charge < -0.3 is 14.7 Å². The Morgan fingerprint density at radius 2 is 2.26 bits per heavy atom. The number of carbonyl (C=O) groups is 1. The first-order valence-electron chi connectivity index (χ1n) is 6.49. The molecule has 1 aliphatic heterocycles. The summed E-state index contributed by atoms with van der Waals surface area (Å²) >= 11 is 1.42. The van der Waals surface area contributed by atoms with E-state index in [1.54, 1.807) is 13.2 Å². The maximum Gasteiger partial charge on any atom is 0.264 e. The number of carbonyl (C=O) groups excluding carboxylic acids is 1. The molecule has 2 heterocycles. The highest BCUT2D eigenvalue weighted by atomic mass is 32.1. The number of hydrogen-bond acceptors (Lipinski definition) is 5. The van der Waals surface area contributed by atoms with Crippen molar-refractivity contribution in [2.24, 2.45) is 0 Å². The maximum absolute atomic E-state index is 12.4. The van der Waals surface area contributed by atoms with Crippen molar-refractivity contribution in [3.8, 4) is 5.75 Å². The standard InChI is InChI=1S/C13H20N2O3S/c1-18-11-9-12(19-10-11)13(17)15-4-2-3-14(5-6-15)7-8-16/h9-10,16H,2-8H2,1H3. The van der Waals surface area contributed by atoms with Gasteiger partial charge in [-0.15, -0.1) is 11.3 Å². The Morgan fingerprint density at radius 1 is 1.42 bits per heavy atom. The summed E-state index contributed by atoms with van der Waals surface area (Å²) in [7, 11) is 1.61. The van der Waals surface area contributed by atoms with Crippen molar-refractivity contribution in [3.63, 3.8) is 0 Å². The first kappa shape index (κ1) is 14.3. The third-order valence-electron chi connectivity index (χ3n) is 3.31. The van der Waals surface area contributed by atoms with E-state index in [1.807, 2.05) is 10.3 Å². The van der Waals surface area contributed by atoms with E-state index in [2.05, 4.69) is 4.90 Å². The molecule has 1 saturated heterocycles. The fourth-order valence-electron chi connectivity index (χ4n) is 2.23. The van der Waals surface area contributed by atoms with Crippen LogP contribution < -0.4 is 4.74 Å². The van der Waals surface area contributed by atoms with Gasteiger partial charge in [0.1, 0.15) is 5.75 Å². The van der Waals surface area contributed by atoms with Crippen LogP contribution in [0, 0.1) is 0 Å². The predicted octanol–water partition coefficient (Wildman–Crippen LogP) is 0.897. The van der Waals surface area contributed by atoms with Gasteiger partial charge in [0, 0.05) is 37.6 Å².